The summed E-state index contributed by atoms with van der Waals surface area (Å²) < 4.78 is 13.6. The van der Waals surface area contributed by atoms with E-state index in [2.05, 4.69) is 15.5 Å². The molecule has 1 aromatic heterocycles. The number of H-pyrrole nitrogens is 1. The molecule has 2 amide bonds. The number of fused-ring (bicyclic) bond motifs is 1. The molecule has 0 saturated heterocycles. The Labute approximate surface area is 157 Å². The van der Waals surface area contributed by atoms with E-state index in [0.29, 0.717) is 35.5 Å². The number of rotatable bonds is 3. The van der Waals surface area contributed by atoms with Crippen molar-refractivity contribution in [2.45, 2.75) is 33.1 Å². The van der Waals surface area contributed by atoms with Crippen LogP contribution in [0.3, 0.4) is 0 Å². The van der Waals surface area contributed by atoms with Crippen LogP contribution in [0.25, 0.3) is 5.57 Å². The number of aromatic nitrogens is 2. The Morgan fingerprint density at radius 1 is 1.37 bits per heavy atom. The Balaban J connectivity index is 2.08. The first kappa shape index (κ1) is 18.8. The van der Waals surface area contributed by atoms with Gasteiger partial charge in [-0.25, -0.2) is 4.39 Å². The number of benzene rings is 1. The Kier molecular flexibility index (Phi) is 4.87. The Hall–Kier alpha value is -2.96. The zero-order valence-corrected chi connectivity index (χ0v) is 15.9. The summed E-state index contributed by atoms with van der Waals surface area (Å²) in [5.41, 5.74) is 2.17. The van der Waals surface area contributed by atoms with E-state index in [-0.39, 0.29) is 17.6 Å². The molecule has 7 heteroatoms. The first-order chi connectivity index (χ1) is 12.7. The average molecular weight is 370 g/mol. The molecule has 0 unspecified atom stereocenters. The van der Waals surface area contributed by atoms with Crippen molar-refractivity contribution in [3.8, 4) is 0 Å². The third-order valence-electron chi connectivity index (χ3n) is 4.74. The zero-order chi connectivity index (χ0) is 19.8. The van der Waals surface area contributed by atoms with Gasteiger partial charge in [0.25, 0.3) is 11.8 Å². The minimum absolute atomic E-state index is 0.284. The van der Waals surface area contributed by atoms with Gasteiger partial charge in [0, 0.05) is 35.8 Å². The van der Waals surface area contributed by atoms with Crippen molar-refractivity contribution in [1.29, 1.82) is 0 Å². The van der Waals surface area contributed by atoms with Gasteiger partial charge in [-0.3, -0.25) is 14.7 Å². The lowest BCUT2D eigenvalue weighted by Gasteiger charge is -2.28. The van der Waals surface area contributed by atoms with Crippen molar-refractivity contribution in [2.24, 2.45) is 0 Å². The predicted octanol–water partition coefficient (Wildman–Crippen LogP) is 2.77. The summed E-state index contributed by atoms with van der Waals surface area (Å²) in [4.78, 5) is 27.2. The smallest absolute Gasteiger partial charge is 0.257 e. The second-order valence-corrected chi connectivity index (χ2v) is 7.34. The van der Waals surface area contributed by atoms with Crippen LogP contribution < -0.4 is 5.32 Å². The molecule has 0 spiro atoms. The summed E-state index contributed by atoms with van der Waals surface area (Å²) in [6.45, 7) is 8.26. The van der Waals surface area contributed by atoms with E-state index < -0.39 is 5.41 Å². The van der Waals surface area contributed by atoms with Gasteiger partial charge < -0.3 is 10.2 Å². The number of aryl methyl sites for hydroxylation is 1. The summed E-state index contributed by atoms with van der Waals surface area (Å²) in [5, 5.41) is 9.76. The van der Waals surface area contributed by atoms with E-state index in [4.69, 9.17) is 0 Å². The first-order valence-electron chi connectivity index (χ1n) is 8.86. The number of carbonyl (C=O) groups excluding carboxylic acids is 2. The molecule has 2 N–H and O–H groups in total. The van der Waals surface area contributed by atoms with Crippen molar-refractivity contribution in [3.63, 3.8) is 0 Å². The molecule has 0 fully saturated rings. The molecule has 0 bridgehead atoms. The van der Waals surface area contributed by atoms with Crippen molar-refractivity contribution in [3.05, 3.63) is 58.8 Å². The fraction of sp³-hybridized carbons (Fsp3) is 0.350. The normalized spacial score (nSPS) is 15.6. The maximum Gasteiger partial charge on any atom is 0.257 e. The number of nitrogens with one attached hydrogen (secondary N) is 2. The van der Waals surface area contributed by atoms with E-state index in [1.165, 1.54) is 23.1 Å². The predicted molar refractivity (Wildman–Crippen MR) is 100 cm³/mol. The maximum absolute atomic E-state index is 13.6. The fourth-order valence-electron chi connectivity index (χ4n) is 3.28. The zero-order valence-electron chi connectivity index (χ0n) is 15.9. The standard InChI is InChI=1S/C20H23FN4O2/c1-5-22-18(26)14-10-25(11-20(3,4)15-9-23-24-17(14)15)19(27)13-6-7-16(21)12(2)8-13/h6-10H,5,11H2,1-4H3,(H,22,26)(H,23,24). The number of hydrogen-bond acceptors (Lipinski definition) is 3. The van der Waals surface area contributed by atoms with Crippen LogP contribution in [-0.2, 0) is 10.2 Å². The van der Waals surface area contributed by atoms with Gasteiger partial charge in [0.15, 0.2) is 0 Å². The van der Waals surface area contributed by atoms with E-state index in [1.807, 2.05) is 20.8 Å². The molecular weight excluding hydrogens is 347 g/mol. The van der Waals surface area contributed by atoms with E-state index in [9.17, 15) is 14.0 Å². The third-order valence-corrected chi connectivity index (χ3v) is 4.74. The van der Waals surface area contributed by atoms with Gasteiger partial charge in [0.05, 0.1) is 17.5 Å². The highest BCUT2D eigenvalue weighted by atomic mass is 19.1. The van der Waals surface area contributed by atoms with Crippen LogP contribution in [0.4, 0.5) is 4.39 Å². The summed E-state index contributed by atoms with van der Waals surface area (Å²) in [6.07, 6.45) is 3.25. The van der Waals surface area contributed by atoms with Gasteiger partial charge in [0.2, 0.25) is 0 Å². The molecule has 0 aliphatic carbocycles. The van der Waals surface area contributed by atoms with Crippen molar-refractivity contribution >= 4 is 17.4 Å². The number of amides is 2. The number of carbonyl (C=O) groups is 2. The second-order valence-electron chi connectivity index (χ2n) is 7.34. The van der Waals surface area contributed by atoms with Gasteiger partial charge in [-0.1, -0.05) is 13.8 Å². The topological polar surface area (TPSA) is 78.1 Å². The molecule has 6 nitrogen and oxygen atoms in total. The number of aromatic amines is 1. The van der Waals surface area contributed by atoms with E-state index in [1.54, 1.807) is 19.3 Å². The minimum atomic E-state index is -0.433. The molecule has 3 rings (SSSR count). The van der Waals surface area contributed by atoms with E-state index in [0.717, 1.165) is 5.56 Å². The molecule has 2 heterocycles. The van der Waals surface area contributed by atoms with Crippen LogP contribution in [0.15, 0.2) is 30.6 Å². The summed E-state index contributed by atoms with van der Waals surface area (Å²) in [7, 11) is 0. The average Bonchev–Trinajstić information content (AvgIpc) is 3.07. The molecule has 1 aromatic carbocycles. The van der Waals surface area contributed by atoms with Crippen LogP contribution in [0, 0.1) is 12.7 Å². The Morgan fingerprint density at radius 3 is 2.78 bits per heavy atom. The van der Waals surface area contributed by atoms with E-state index >= 15 is 0 Å². The molecule has 2 aromatic rings. The molecule has 1 aliphatic rings. The molecular formula is C20H23FN4O2. The highest BCUT2D eigenvalue weighted by molar-refractivity contribution is 6.20. The maximum atomic E-state index is 13.6. The quantitative estimate of drug-likeness (QED) is 0.872. The van der Waals surface area contributed by atoms with Crippen molar-refractivity contribution in [1.82, 2.24) is 20.4 Å². The monoisotopic (exact) mass is 370 g/mol. The Bertz CT molecular complexity index is 930. The summed E-state index contributed by atoms with van der Waals surface area (Å²) >= 11 is 0. The van der Waals surface area contributed by atoms with Crippen LogP contribution in [0.5, 0.6) is 0 Å². The largest absolute Gasteiger partial charge is 0.352 e. The van der Waals surface area contributed by atoms with Gasteiger partial charge in [-0.2, -0.15) is 5.10 Å². The van der Waals surface area contributed by atoms with Crippen molar-refractivity contribution in [2.75, 3.05) is 13.1 Å². The summed E-state index contributed by atoms with van der Waals surface area (Å²) in [6, 6.07) is 4.27. The SMILES string of the molecule is CCNC(=O)C1=CN(C(=O)c2ccc(F)c(C)c2)CC(C)(C)c2cn[nH]c21. The van der Waals surface area contributed by atoms with Gasteiger partial charge >= 0.3 is 0 Å². The molecule has 142 valence electrons. The number of hydrogen-bond donors (Lipinski definition) is 2. The summed E-state index contributed by atoms with van der Waals surface area (Å²) in [5.74, 6) is -0.928. The van der Waals surface area contributed by atoms with Gasteiger partial charge in [-0.05, 0) is 37.6 Å². The highest BCUT2D eigenvalue weighted by Gasteiger charge is 2.35. The second kappa shape index (κ2) is 6.98. The third kappa shape index (κ3) is 3.49. The minimum Gasteiger partial charge on any atom is -0.352 e. The highest BCUT2D eigenvalue weighted by Crippen LogP contribution is 2.34. The molecule has 27 heavy (non-hydrogen) atoms. The van der Waals surface area contributed by atoms with Crippen LogP contribution in [-0.4, -0.2) is 40.0 Å². The van der Waals surface area contributed by atoms with Gasteiger partial charge in [0.1, 0.15) is 5.82 Å². The molecule has 1 aliphatic heterocycles. The number of halogens is 1. The lowest BCUT2D eigenvalue weighted by atomic mass is 9.84. The van der Waals surface area contributed by atoms with Crippen LogP contribution in [0.1, 0.15) is 48.0 Å². The lowest BCUT2D eigenvalue weighted by Crippen LogP contribution is -2.37. The number of likely N-dealkylation sites (N-methyl/N-ethyl adjacent to an activating group) is 1. The van der Waals surface area contributed by atoms with Crippen molar-refractivity contribution < 1.29 is 14.0 Å². The van der Waals surface area contributed by atoms with Gasteiger partial charge in [-0.15, -0.1) is 0 Å². The molecule has 0 radical (unpaired) electrons. The first-order valence-corrected chi connectivity index (χ1v) is 8.86. The lowest BCUT2D eigenvalue weighted by molar-refractivity contribution is -0.115. The van der Waals surface area contributed by atoms with Crippen LogP contribution >= 0.6 is 0 Å². The number of nitrogens with zero attached hydrogens (tertiary/aromatic N) is 2. The molecule has 0 atom stereocenters. The Morgan fingerprint density at radius 2 is 2.11 bits per heavy atom. The van der Waals surface area contributed by atoms with Crippen LogP contribution in [0.2, 0.25) is 0 Å². The molecule has 0 saturated carbocycles. The fourth-order valence-corrected chi connectivity index (χ4v) is 3.28.